The SMILES string of the molecule is CCOC(=O)c1ccc2c(c1F)O[C@H]1C[C@@H](Cl)[C@H](CO[Si](c3ccccc3)(c3ccccc3)C(C)(C)C)[C@H]1CC2. The van der Waals surface area contributed by atoms with Crippen LogP contribution in [0.15, 0.2) is 72.8 Å². The quantitative estimate of drug-likeness (QED) is 0.181. The summed E-state index contributed by atoms with van der Waals surface area (Å²) in [6.45, 7) is 9.19. The Bertz CT molecular complexity index is 1290. The molecule has 3 aromatic rings. The number of fused-ring (bicyclic) bond motifs is 2. The zero-order chi connectivity index (χ0) is 28.5. The first-order valence-corrected chi connectivity index (χ1v) is 16.6. The van der Waals surface area contributed by atoms with Crippen LogP contribution < -0.4 is 15.1 Å². The number of carbonyl (C=O) groups is 1. The number of carbonyl (C=O) groups excluding carboxylic acids is 1. The number of rotatable bonds is 7. The van der Waals surface area contributed by atoms with Gasteiger partial charge in [-0.3, -0.25) is 0 Å². The molecule has 0 aromatic heterocycles. The molecule has 5 rings (SSSR count). The molecule has 7 heteroatoms. The first-order chi connectivity index (χ1) is 19.2. The fourth-order valence-electron chi connectivity index (χ4n) is 6.62. The molecule has 40 heavy (non-hydrogen) atoms. The molecule has 0 radical (unpaired) electrons. The van der Waals surface area contributed by atoms with Crippen LogP contribution in [0.4, 0.5) is 4.39 Å². The van der Waals surface area contributed by atoms with Gasteiger partial charge in [0.25, 0.3) is 8.32 Å². The largest absolute Gasteiger partial charge is 0.487 e. The molecule has 1 saturated carbocycles. The maximum atomic E-state index is 15.5. The summed E-state index contributed by atoms with van der Waals surface area (Å²) < 4.78 is 34.1. The molecule has 0 unspecified atom stereocenters. The lowest BCUT2D eigenvalue weighted by molar-refractivity contribution is 0.0518. The van der Waals surface area contributed by atoms with Crippen LogP contribution in [0, 0.1) is 17.7 Å². The van der Waals surface area contributed by atoms with Crippen molar-refractivity contribution in [1.82, 2.24) is 0 Å². The summed E-state index contributed by atoms with van der Waals surface area (Å²) >= 11 is 7.02. The van der Waals surface area contributed by atoms with E-state index in [0.29, 0.717) is 19.4 Å². The maximum absolute atomic E-state index is 15.5. The highest BCUT2D eigenvalue weighted by atomic mass is 35.5. The van der Waals surface area contributed by atoms with Gasteiger partial charge in [-0.25, -0.2) is 9.18 Å². The van der Waals surface area contributed by atoms with Gasteiger partial charge in [0.05, 0.1) is 12.2 Å². The Balaban J connectivity index is 1.44. The Morgan fingerprint density at radius 2 is 1.65 bits per heavy atom. The fourth-order valence-corrected chi connectivity index (χ4v) is 11.7. The van der Waals surface area contributed by atoms with Crippen LogP contribution in [0.3, 0.4) is 0 Å². The summed E-state index contributed by atoms with van der Waals surface area (Å²) in [7, 11) is -2.73. The van der Waals surface area contributed by atoms with Crippen LogP contribution in [0.2, 0.25) is 5.04 Å². The molecule has 0 amide bonds. The van der Waals surface area contributed by atoms with Crippen molar-refractivity contribution in [1.29, 1.82) is 0 Å². The molecular weight excluding hydrogens is 543 g/mol. The van der Waals surface area contributed by atoms with Crippen molar-refractivity contribution < 1.29 is 23.1 Å². The van der Waals surface area contributed by atoms with E-state index in [-0.39, 0.29) is 46.3 Å². The number of ether oxygens (including phenoxy) is 2. The Labute approximate surface area is 242 Å². The molecule has 1 heterocycles. The monoisotopic (exact) mass is 580 g/mol. The lowest BCUT2D eigenvalue weighted by Gasteiger charge is -2.44. The minimum atomic E-state index is -2.73. The second kappa shape index (κ2) is 11.7. The average molecular weight is 581 g/mol. The fraction of sp³-hybridized carbons (Fsp3) is 0.424. The van der Waals surface area contributed by atoms with E-state index in [9.17, 15) is 4.79 Å². The van der Waals surface area contributed by atoms with E-state index in [1.54, 1.807) is 13.0 Å². The molecule has 1 aliphatic carbocycles. The predicted molar refractivity (Wildman–Crippen MR) is 160 cm³/mol. The topological polar surface area (TPSA) is 44.8 Å². The van der Waals surface area contributed by atoms with Crippen LogP contribution >= 0.6 is 11.6 Å². The molecule has 212 valence electrons. The summed E-state index contributed by atoms with van der Waals surface area (Å²) in [6, 6.07) is 24.5. The summed E-state index contributed by atoms with van der Waals surface area (Å²) in [5.41, 5.74) is 0.684. The van der Waals surface area contributed by atoms with E-state index in [0.717, 1.165) is 12.0 Å². The normalized spacial score (nSPS) is 22.6. The molecule has 0 spiro atoms. The predicted octanol–water partition coefficient (Wildman–Crippen LogP) is 6.52. The zero-order valence-corrected chi connectivity index (χ0v) is 25.4. The second-order valence-corrected chi connectivity index (χ2v) is 16.8. The van der Waals surface area contributed by atoms with E-state index >= 15 is 4.39 Å². The number of hydrogen-bond donors (Lipinski definition) is 0. The molecule has 2 aliphatic rings. The Morgan fingerprint density at radius 1 is 1.02 bits per heavy atom. The molecule has 0 N–H and O–H groups in total. The van der Waals surface area contributed by atoms with Gasteiger partial charge in [0.15, 0.2) is 11.6 Å². The average Bonchev–Trinajstić information content (AvgIpc) is 3.11. The molecule has 1 fully saturated rings. The molecule has 4 atom stereocenters. The van der Waals surface area contributed by atoms with Crippen molar-refractivity contribution in [2.45, 2.75) is 63.5 Å². The van der Waals surface area contributed by atoms with Crippen LogP contribution in [-0.4, -0.2) is 39.0 Å². The van der Waals surface area contributed by atoms with Crippen LogP contribution in [-0.2, 0) is 15.6 Å². The number of aryl methyl sites for hydroxylation is 1. The molecule has 0 bridgehead atoms. The number of halogens is 2. The van der Waals surface area contributed by atoms with Crippen molar-refractivity contribution in [2.24, 2.45) is 11.8 Å². The van der Waals surface area contributed by atoms with Gasteiger partial charge in [0.2, 0.25) is 0 Å². The van der Waals surface area contributed by atoms with Gasteiger partial charge in [-0.15, -0.1) is 11.6 Å². The van der Waals surface area contributed by atoms with Gasteiger partial charge in [-0.05, 0) is 46.8 Å². The third-order valence-corrected chi connectivity index (χ3v) is 14.1. The first-order valence-electron chi connectivity index (χ1n) is 14.2. The Kier molecular flexibility index (Phi) is 8.41. The Hall–Kier alpha value is -2.67. The Morgan fingerprint density at radius 3 is 2.23 bits per heavy atom. The van der Waals surface area contributed by atoms with Crippen LogP contribution in [0.25, 0.3) is 0 Å². The van der Waals surface area contributed by atoms with Crippen molar-refractivity contribution in [3.8, 4) is 5.75 Å². The summed E-state index contributed by atoms with van der Waals surface area (Å²) in [5, 5.41) is 2.16. The smallest absolute Gasteiger partial charge is 0.341 e. The highest BCUT2D eigenvalue weighted by Crippen LogP contribution is 2.46. The number of alkyl halides is 1. The van der Waals surface area contributed by atoms with Crippen molar-refractivity contribution in [3.63, 3.8) is 0 Å². The van der Waals surface area contributed by atoms with Crippen LogP contribution in [0.5, 0.6) is 5.75 Å². The van der Waals surface area contributed by atoms with Crippen LogP contribution in [0.1, 0.15) is 56.5 Å². The van der Waals surface area contributed by atoms with E-state index in [2.05, 4.69) is 69.3 Å². The highest BCUT2D eigenvalue weighted by molar-refractivity contribution is 6.99. The van der Waals surface area contributed by atoms with Crippen molar-refractivity contribution in [2.75, 3.05) is 13.2 Å². The lowest BCUT2D eigenvalue weighted by atomic mass is 9.90. The molecular formula is C33H38ClFO4Si. The van der Waals surface area contributed by atoms with Gasteiger partial charge in [-0.1, -0.05) is 87.5 Å². The van der Waals surface area contributed by atoms with Gasteiger partial charge in [0.1, 0.15) is 6.10 Å². The zero-order valence-electron chi connectivity index (χ0n) is 23.7. The molecule has 4 nitrogen and oxygen atoms in total. The summed E-state index contributed by atoms with van der Waals surface area (Å²) in [5.74, 6) is -0.996. The van der Waals surface area contributed by atoms with E-state index < -0.39 is 20.1 Å². The third-order valence-electron chi connectivity index (χ3n) is 8.55. The van der Waals surface area contributed by atoms with E-state index in [1.165, 1.54) is 16.4 Å². The molecule has 1 aliphatic heterocycles. The van der Waals surface area contributed by atoms with Gasteiger partial charge >= 0.3 is 5.97 Å². The molecule has 3 aromatic carbocycles. The van der Waals surface area contributed by atoms with Gasteiger partial charge < -0.3 is 13.9 Å². The first kappa shape index (κ1) is 28.8. The van der Waals surface area contributed by atoms with E-state index in [4.69, 9.17) is 25.5 Å². The van der Waals surface area contributed by atoms with Gasteiger partial charge in [-0.2, -0.15) is 0 Å². The number of esters is 1. The number of hydrogen-bond acceptors (Lipinski definition) is 4. The van der Waals surface area contributed by atoms with Crippen molar-refractivity contribution in [3.05, 3.63) is 89.7 Å². The minimum Gasteiger partial charge on any atom is -0.487 e. The maximum Gasteiger partial charge on any atom is 0.341 e. The third kappa shape index (κ3) is 5.22. The molecule has 0 saturated heterocycles. The number of benzene rings is 3. The van der Waals surface area contributed by atoms with Gasteiger partial charge in [0, 0.05) is 30.2 Å². The lowest BCUT2D eigenvalue weighted by Crippen LogP contribution is -2.67. The highest BCUT2D eigenvalue weighted by Gasteiger charge is 2.52. The van der Waals surface area contributed by atoms with E-state index in [1.807, 2.05) is 12.1 Å². The minimum absolute atomic E-state index is 0.0511. The summed E-state index contributed by atoms with van der Waals surface area (Å²) in [6.07, 6.45) is 1.82. The summed E-state index contributed by atoms with van der Waals surface area (Å²) in [4.78, 5) is 12.3. The standard InChI is InChI=1S/C33H38ClFO4Si/c1-5-37-32(36)26-19-17-22-16-18-25-27(28(34)20-29(25)39-31(22)30(26)35)21-38-40(33(2,3)4,23-12-8-6-9-13-23)24-14-10-7-11-15-24/h6-15,17,19,25,27-29H,5,16,18,20-21H2,1-4H3/t25-,27-,28-,29+/m1/s1. The second-order valence-electron chi connectivity index (χ2n) is 11.9. The van der Waals surface area contributed by atoms with Crippen molar-refractivity contribution >= 4 is 36.3 Å².